The molecule has 0 saturated carbocycles. The van der Waals surface area contributed by atoms with E-state index in [9.17, 15) is 8.42 Å². The summed E-state index contributed by atoms with van der Waals surface area (Å²) in [6.45, 7) is 4.06. The van der Waals surface area contributed by atoms with Gasteiger partial charge in [-0.2, -0.15) is 0 Å². The van der Waals surface area contributed by atoms with Crippen molar-refractivity contribution in [3.63, 3.8) is 0 Å². The minimum atomic E-state index is -3.08. The third-order valence-corrected chi connectivity index (χ3v) is 4.96. The van der Waals surface area contributed by atoms with Gasteiger partial charge in [-0.3, -0.25) is 0 Å². The van der Waals surface area contributed by atoms with Crippen LogP contribution >= 0.6 is 0 Å². The molecule has 1 atom stereocenters. The molecule has 1 N–H and O–H groups in total. The Morgan fingerprint density at radius 2 is 2.17 bits per heavy atom. The molecule has 1 aromatic rings. The van der Waals surface area contributed by atoms with Crippen LogP contribution in [0.2, 0.25) is 0 Å². The van der Waals surface area contributed by atoms with E-state index in [2.05, 4.69) is 5.32 Å². The van der Waals surface area contributed by atoms with E-state index in [-0.39, 0.29) is 11.8 Å². The lowest BCUT2D eigenvalue weighted by Crippen LogP contribution is -2.31. The molecule has 1 unspecified atom stereocenters. The molecule has 18 heavy (non-hydrogen) atoms. The molecule has 0 saturated heterocycles. The maximum Gasteiger partial charge on any atom is 0.178 e. The van der Waals surface area contributed by atoms with Crippen LogP contribution in [0.1, 0.15) is 24.9 Å². The zero-order chi connectivity index (χ0) is 13.0. The number of hydrogen-bond donors (Lipinski definition) is 1. The van der Waals surface area contributed by atoms with E-state index in [1.54, 1.807) is 12.1 Å². The van der Waals surface area contributed by atoms with Crippen molar-refractivity contribution < 1.29 is 13.2 Å². The van der Waals surface area contributed by atoms with Gasteiger partial charge in [0, 0.05) is 19.2 Å². The number of hydrogen-bond acceptors (Lipinski definition) is 4. The molecule has 0 aliphatic carbocycles. The van der Waals surface area contributed by atoms with Crippen LogP contribution in [-0.4, -0.2) is 33.9 Å². The maximum atomic E-state index is 11.9. The predicted octanol–water partition coefficient (Wildman–Crippen LogP) is 1.53. The third kappa shape index (κ3) is 2.91. The smallest absolute Gasteiger partial charge is 0.178 e. The highest BCUT2D eigenvalue weighted by Gasteiger charge is 2.29. The van der Waals surface area contributed by atoms with Gasteiger partial charge in [0.05, 0.1) is 17.3 Å². The molecular formula is C13H19NO3S. The van der Waals surface area contributed by atoms with Gasteiger partial charge in [0.1, 0.15) is 0 Å². The summed E-state index contributed by atoms with van der Waals surface area (Å²) < 4.78 is 29.2. The highest BCUT2D eigenvalue weighted by molar-refractivity contribution is 7.91. The van der Waals surface area contributed by atoms with Gasteiger partial charge < -0.3 is 10.1 Å². The molecule has 1 aliphatic rings. The standard InChI is InChI=1S/C13H19NO3S/c1-2-17-9-8-14-12-7-10-18(15,16)13-6-4-3-5-11(12)13/h3-6,12,14H,2,7-10H2,1H3. The minimum Gasteiger partial charge on any atom is -0.380 e. The van der Waals surface area contributed by atoms with E-state index < -0.39 is 9.84 Å². The molecule has 1 aliphatic heterocycles. The third-order valence-electron chi connectivity index (χ3n) is 3.15. The van der Waals surface area contributed by atoms with Gasteiger partial charge in [-0.1, -0.05) is 18.2 Å². The number of benzene rings is 1. The number of fused-ring (bicyclic) bond motifs is 1. The van der Waals surface area contributed by atoms with Crippen molar-refractivity contribution in [2.24, 2.45) is 0 Å². The second-order valence-electron chi connectivity index (χ2n) is 4.35. The Balaban J connectivity index is 2.11. The first kappa shape index (κ1) is 13.5. The summed E-state index contributed by atoms with van der Waals surface area (Å²) >= 11 is 0. The zero-order valence-corrected chi connectivity index (χ0v) is 11.4. The average molecular weight is 269 g/mol. The van der Waals surface area contributed by atoms with Crippen molar-refractivity contribution in [3.8, 4) is 0 Å². The molecule has 0 amide bonds. The first-order valence-corrected chi connectivity index (χ1v) is 7.93. The highest BCUT2D eigenvalue weighted by atomic mass is 32.2. The molecule has 1 heterocycles. The van der Waals surface area contributed by atoms with Crippen LogP contribution in [-0.2, 0) is 14.6 Å². The topological polar surface area (TPSA) is 55.4 Å². The van der Waals surface area contributed by atoms with Crippen LogP contribution in [0, 0.1) is 0 Å². The lowest BCUT2D eigenvalue weighted by Gasteiger charge is -2.26. The van der Waals surface area contributed by atoms with Crippen molar-refractivity contribution in [2.75, 3.05) is 25.5 Å². The summed E-state index contributed by atoms with van der Waals surface area (Å²) in [4.78, 5) is 0.477. The fraction of sp³-hybridized carbons (Fsp3) is 0.538. The van der Waals surface area contributed by atoms with E-state index >= 15 is 0 Å². The molecule has 0 radical (unpaired) electrons. The summed E-state index contributed by atoms with van der Waals surface area (Å²) in [6.07, 6.45) is 0.630. The summed E-state index contributed by atoms with van der Waals surface area (Å²) in [5.74, 6) is 0.219. The van der Waals surface area contributed by atoms with Gasteiger partial charge in [-0.15, -0.1) is 0 Å². The molecule has 1 aromatic carbocycles. The van der Waals surface area contributed by atoms with Crippen LogP contribution in [0.5, 0.6) is 0 Å². The van der Waals surface area contributed by atoms with E-state index in [4.69, 9.17) is 4.74 Å². The van der Waals surface area contributed by atoms with Crippen molar-refractivity contribution in [3.05, 3.63) is 29.8 Å². The quantitative estimate of drug-likeness (QED) is 0.824. The summed E-state index contributed by atoms with van der Waals surface area (Å²) in [5.41, 5.74) is 0.889. The van der Waals surface area contributed by atoms with Crippen LogP contribution < -0.4 is 5.32 Å². The Morgan fingerprint density at radius 1 is 1.39 bits per heavy atom. The number of nitrogens with one attached hydrogen (secondary N) is 1. The van der Waals surface area contributed by atoms with E-state index in [1.165, 1.54) is 0 Å². The first-order valence-electron chi connectivity index (χ1n) is 6.28. The Morgan fingerprint density at radius 3 is 2.94 bits per heavy atom. The molecule has 4 nitrogen and oxygen atoms in total. The molecule has 0 bridgehead atoms. The molecule has 100 valence electrons. The largest absolute Gasteiger partial charge is 0.380 e. The Labute approximate surface area is 108 Å². The molecule has 0 fully saturated rings. The van der Waals surface area contributed by atoms with E-state index in [1.807, 2.05) is 19.1 Å². The van der Waals surface area contributed by atoms with E-state index in [0.717, 1.165) is 12.1 Å². The zero-order valence-electron chi connectivity index (χ0n) is 10.6. The lowest BCUT2D eigenvalue weighted by atomic mass is 10.0. The van der Waals surface area contributed by atoms with Crippen LogP contribution in [0.3, 0.4) is 0 Å². The molecule has 0 spiro atoms. The summed E-state index contributed by atoms with van der Waals surface area (Å²) in [7, 11) is -3.08. The van der Waals surface area contributed by atoms with Gasteiger partial charge in [0.25, 0.3) is 0 Å². The predicted molar refractivity (Wildman–Crippen MR) is 70.3 cm³/mol. The molecule has 0 aromatic heterocycles. The van der Waals surface area contributed by atoms with Crippen molar-refractivity contribution in [1.82, 2.24) is 5.32 Å². The number of rotatable bonds is 5. The lowest BCUT2D eigenvalue weighted by molar-refractivity contribution is 0.146. The van der Waals surface area contributed by atoms with Crippen molar-refractivity contribution >= 4 is 9.84 Å². The summed E-state index contributed by atoms with van der Waals surface area (Å²) in [5, 5.41) is 3.36. The second kappa shape index (κ2) is 5.82. The minimum absolute atomic E-state index is 0.116. The van der Waals surface area contributed by atoms with Gasteiger partial charge in [-0.25, -0.2) is 8.42 Å². The Kier molecular flexibility index (Phi) is 4.37. The normalized spacial score (nSPS) is 21.5. The number of ether oxygens (including phenoxy) is 1. The number of sulfone groups is 1. The van der Waals surface area contributed by atoms with Crippen molar-refractivity contribution in [1.29, 1.82) is 0 Å². The highest BCUT2D eigenvalue weighted by Crippen LogP contribution is 2.31. The van der Waals surface area contributed by atoms with Gasteiger partial charge in [-0.05, 0) is 25.0 Å². The van der Waals surface area contributed by atoms with Gasteiger partial charge in [0.2, 0.25) is 0 Å². The van der Waals surface area contributed by atoms with Gasteiger partial charge in [0.15, 0.2) is 9.84 Å². The molecule has 5 heteroatoms. The fourth-order valence-electron chi connectivity index (χ4n) is 2.25. The van der Waals surface area contributed by atoms with Crippen LogP contribution in [0.4, 0.5) is 0 Å². The van der Waals surface area contributed by atoms with Crippen LogP contribution in [0.15, 0.2) is 29.2 Å². The SMILES string of the molecule is CCOCCNC1CCS(=O)(=O)c2ccccc21. The molecular weight excluding hydrogens is 250 g/mol. The maximum absolute atomic E-state index is 11.9. The van der Waals surface area contributed by atoms with Crippen molar-refractivity contribution in [2.45, 2.75) is 24.3 Å². The Bertz CT molecular complexity index is 499. The Hall–Kier alpha value is -0.910. The first-order chi connectivity index (χ1) is 8.65. The fourth-order valence-corrected chi connectivity index (χ4v) is 3.87. The van der Waals surface area contributed by atoms with E-state index in [0.29, 0.717) is 24.5 Å². The van der Waals surface area contributed by atoms with Crippen LogP contribution in [0.25, 0.3) is 0 Å². The van der Waals surface area contributed by atoms with Gasteiger partial charge >= 0.3 is 0 Å². The molecule has 2 rings (SSSR count). The average Bonchev–Trinajstić information content (AvgIpc) is 2.37. The monoisotopic (exact) mass is 269 g/mol. The second-order valence-corrected chi connectivity index (χ2v) is 6.43. The summed E-state index contributed by atoms with van der Waals surface area (Å²) in [6, 6.07) is 7.37.